The van der Waals surface area contributed by atoms with Crippen molar-refractivity contribution < 1.29 is 4.79 Å². The zero-order valence-corrected chi connectivity index (χ0v) is 13.2. The lowest BCUT2D eigenvalue weighted by Crippen LogP contribution is -2.29. The summed E-state index contributed by atoms with van der Waals surface area (Å²) in [5.74, 6) is 0.605. The number of nitrogens with one attached hydrogen (secondary N) is 1. The van der Waals surface area contributed by atoms with E-state index in [2.05, 4.69) is 42.1 Å². The Bertz CT molecular complexity index is 684. The normalized spacial score (nSPS) is 17.8. The van der Waals surface area contributed by atoms with Crippen molar-refractivity contribution in [3.8, 4) is 0 Å². The third-order valence-electron chi connectivity index (χ3n) is 4.76. The number of fused-ring (bicyclic) bond motifs is 3. The Balaban J connectivity index is 2.03. The van der Waals surface area contributed by atoms with Gasteiger partial charge < -0.3 is 9.88 Å². The van der Waals surface area contributed by atoms with Crippen LogP contribution in [0.15, 0.2) is 18.2 Å². The zero-order chi connectivity index (χ0) is 15.0. The van der Waals surface area contributed by atoms with Gasteiger partial charge in [0.1, 0.15) is 0 Å². The maximum Gasteiger partial charge on any atom is 0.219 e. The molecule has 1 aliphatic rings. The first-order chi connectivity index (χ1) is 10.1. The fourth-order valence-electron chi connectivity index (χ4n) is 3.62. The number of rotatable bonds is 3. The molecule has 1 heterocycles. The highest BCUT2D eigenvalue weighted by Crippen LogP contribution is 2.38. The van der Waals surface area contributed by atoms with Gasteiger partial charge in [0.15, 0.2) is 0 Å². The zero-order valence-electron chi connectivity index (χ0n) is 13.2. The van der Waals surface area contributed by atoms with Crippen molar-refractivity contribution >= 4 is 16.8 Å². The molecule has 112 valence electrons. The Labute approximate surface area is 126 Å². The summed E-state index contributed by atoms with van der Waals surface area (Å²) in [7, 11) is 2.17. The standard InChI is InChI=1S/C18H24N2O/c1-4-17(21)19-11-13-6-5-7-16-18(13)14-10-12(2)8-9-15(14)20(16)3/h8-10,13H,4-7,11H2,1-3H3,(H,19,21). The Morgan fingerprint density at radius 1 is 1.43 bits per heavy atom. The van der Waals surface area contributed by atoms with E-state index in [-0.39, 0.29) is 5.91 Å². The van der Waals surface area contributed by atoms with Crippen LogP contribution in [0.1, 0.15) is 48.9 Å². The molecule has 0 bridgehead atoms. The van der Waals surface area contributed by atoms with E-state index in [0.717, 1.165) is 13.0 Å². The average molecular weight is 284 g/mol. The number of carbonyl (C=O) groups is 1. The molecule has 3 nitrogen and oxygen atoms in total. The predicted octanol–water partition coefficient (Wildman–Crippen LogP) is 3.43. The highest BCUT2D eigenvalue weighted by atomic mass is 16.1. The van der Waals surface area contributed by atoms with E-state index in [4.69, 9.17) is 0 Å². The number of aryl methyl sites for hydroxylation is 2. The van der Waals surface area contributed by atoms with Gasteiger partial charge in [0.2, 0.25) is 5.91 Å². The number of amides is 1. The molecular formula is C18H24N2O. The van der Waals surface area contributed by atoms with Crippen molar-refractivity contribution in [3.63, 3.8) is 0 Å². The molecule has 1 atom stereocenters. The summed E-state index contributed by atoms with van der Waals surface area (Å²) in [6.45, 7) is 4.82. The second-order valence-corrected chi connectivity index (χ2v) is 6.19. The van der Waals surface area contributed by atoms with Crippen molar-refractivity contribution in [2.45, 2.75) is 45.4 Å². The fraction of sp³-hybridized carbons (Fsp3) is 0.500. The molecule has 0 saturated carbocycles. The van der Waals surface area contributed by atoms with E-state index < -0.39 is 0 Å². The van der Waals surface area contributed by atoms with Gasteiger partial charge in [-0.3, -0.25) is 4.79 Å². The van der Waals surface area contributed by atoms with Gasteiger partial charge in [0, 0.05) is 42.5 Å². The van der Waals surface area contributed by atoms with Gasteiger partial charge in [0.25, 0.3) is 0 Å². The molecule has 1 unspecified atom stereocenters. The summed E-state index contributed by atoms with van der Waals surface area (Å²) in [6.07, 6.45) is 4.10. The Morgan fingerprint density at radius 2 is 2.24 bits per heavy atom. The Kier molecular flexibility index (Phi) is 3.75. The lowest BCUT2D eigenvalue weighted by molar-refractivity contribution is -0.120. The molecule has 0 radical (unpaired) electrons. The lowest BCUT2D eigenvalue weighted by atomic mass is 9.85. The number of hydrogen-bond donors (Lipinski definition) is 1. The topological polar surface area (TPSA) is 34.0 Å². The predicted molar refractivity (Wildman–Crippen MR) is 86.6 cm³/mol. The molecule has 0 fully saturated rings. The molecule has 0 spiro atoms. The van der Waals surface area contributed by atoms with Gasteiger partial charge >= 0.3 is 0 Å². The first-order valence-corrected chi connectivity index (χ1v) is 7.96. The molecule has 0 aliphatic heterocycles. The number of aromatic nitrogens is 1. The van der Waals surface area contributed by atoms with Crippen LogP contribution in [0.4, 0.5) is 0 Å². The van der Waals surface area contributed by atoms with Gasteiger partial charge in [-0.15, -0.1) is 0 Å². The maximum absolute atomic E-state index is 11.6. The number of nitrogens with zero attached hydrogens (tertiary/aromatic N) is 1. The van der Waals surface area contributed by atoms with Gasteiger partial charge in [-0.2, -0.15) is 0 Å². The molecule has 21 heavy (non-hydrogen) atoms. The molecule has 1 aromatic heterocycles. The molecular weight excluding hydrogens is 260 g/mol. The summed E-state index contributed by atoms with van der Waals surface area (Å²) in [6, 6.07) is 6.71. The smallest absolute Gasteiger partial charge is 0.219 e. The van der Waals surface area contributed by atoms with Crippen molar-refractivity contribution in [2.75, 3.05) is 6.54 Å². The summed E-state index contributed by atoms with van der Waals surface area (Å²) in [4.78, 5) is 11.6. The minimum Gasteiger partial charge on any atom is -0.355 e. The van der Waals surface area contributed by atoms with Crippen LogP contribution in [-0.2, 0) is 18.3 Å². The van der Waals surface area contributed by atoms with Crippen LogP contribution in [-0.4, -0.2) is 17.0 Å². The number of benzene rings is 1. The van der Waals surface area contributed by atoms with Crippen LogP contribution in [0.2, 0.25) is 0 Å². The molecule has 3 heteroatoms. The molecule has 0 saturated heterocycles. The SMILES string of the molecule is CCC(=O)NCC1CCCc2c1c1cc(C)ccc1n2C. The van der Waals surface area contributed by atoms with Gasteiger partial charge in [-0.25, -0.2) is 0 Å². The van der Waals surface area contributed by atoms with Crippen molar-refractivity contribution in [3.05, 3.63) is 35.0 Å². The molecule has 1 amide bonds. The first-order valence-electron chi connectivity index (χ1n) is 7.96. The van der Waals surface area contributed by atoms with Crippen LogP contribution in [0.3, 0.4) is 0 Å². The van der Waals surface area contributed by atoms with Crippen LogP contribution < -0.4 is 5.32 Å². The van der Waals surface area contributed by atoms with E-state index in [0.29, 0.717) is 12.3 Å². The van der Waals surface area contributed by atoms with E-state index in [9.17, 15) is 4.79 Å². The maximum atomic E-state index is 11.6. The summed E-state index contributed by atoms with van der Waals surface area (Å²) >= 11 is 0. The van der Waals surface area contributed by atoms with Crippen LogP contribution in [0.25, 0.3) is 10.9 Å². The second kappa shape index (κ2) is 5.55. The Hall–Kier alpha value is -1.77. The third-order valence-corrected chi connectivity index (χ3v) is 4.76. The van der Waals surface area contributed by atoms with Gasteiger partial charge in [-0.1, -0.05) is 18.6 Å². The lowest BCUT2D eigenvalue weighted by Gasteiger charge is -2.24. The average Bonchev–Trinajstić information content (AvgIpc) is 2.78. The third kappa shape index (κ3) is 2.45. The molecule has 2 aromatic rings. The van der Waals surface area contributed by atoms with E-state index >= 15 is 0 Å². The number of hydrogen-bond acceptors (Lipinski definition) is 1. The molecule has 3 rings (SSSR count). The van der Waals surface area contributed by atoms with E-state index in [1.54, 1.807) is 0 Å². The summed E-state index contributed by atoms with van der Waals surface area (Å²) < 4.78 is 2.35. The van der Waals surface area contributed by atoms with Gasteiger partial charge in [0.05, 0.1) is 0 Å². The van der Waals surface area contributed by atoms with Crippen LogP contribution in [0.5, 0.6) is 0 Å². The van der Waals surface area contributed by atoms with Gasteiger partial charge in [-0.05, 0) is 43.9 Å². The first kappa shape index (κ1) is 14.2. The monoisotopic (exact) mass is 284 g/mol. The van der Waals surface area contributed by atoms with Crippen LogP contribution in [0, 0.1) is 6.92 Å². The van der Waals surface area contributed by atoms with E-state index in [1.807, 2.05) is 6.92 Å². The van der Waals surface area contributed by atoms with Crippen molar-refractivity contribution in [1.82, 2.24) is 9.88 Å². The summed E-state index contributed by atoms with van der Waals surface area (Å²) in [5.41, 5.74) is 5.55. The van der Waals surface area contributed by atoms with Crippen LogP contribution >= 0.6 is 0 Å². The van der Waals surface area contributed by atoms with Crippen molar-refractivity contribution in [1.29, 1.82) is 0 Å². The van der Waals surface area contributed by atoms with E-state index in [1.165, 1.54) is 40.6 Å². The highest BCUT2D eigenvalue weighted by Gasteiger charge is 2.26. The largest absolute Gasteiger partial charge is 0.355 e. The van der Waals surface area contributed by atoms with Crippen molar-refractivity contribution in [2.24, 2.45) is 7.05 Å². The number of carbonyl (C=O) groups excluding carboxylic acids is 1. The fourth-order valence-corrected chi connectivity index (χ4v) is 3.62. The molecule has 1 aromatic carbocycles. The minimum atomic E-state index is 0.151. The summed E-state index contributed by atoms with van der Waals surface area (Å²) in [5, 5.41) is 4.46. The Morgan fingerprint density at radius 3 is 3.00 bits per heavy atom. The molecule has 1 aliphatic carbocycles. The molecule has 1 N–H and O–H groups in total. The quantitative estimate of drug-likeness (QED) is 0.920. The minimum absolute atomic E-state index is 0.151. The highest BCUT2D eigenvalue weighted by molar-refractivity contribution is 5.87. The second-order valence-electron chi connectivity index (χ2n) is 6.19.